The van der Waals surface area contributed by atoms with E-state index in [1.807, 2.05) is 0 Å². The van der Waals surface area contributed by atoms with Crippen molar-refractivity contribution in [3.8, 4) is 0 Å². The van der Waals surface area contributed by atoms with Crippen LogP contribution in [0.1, 0.15) is 117 Å². The van der Waals surface area contributed by atoms with Gasteiger partial charge in [-0.1, -0.05) is 103 Å². The first kappa shape index (κ1) is 27.6. The Kier molecular flexibility index (Phi) is 24.9. The van der Waals surface area contributed by atoms with Gasteiger partial charge >= 0.3 is 35.5 Å². The molecule has 3 nitrogen and oxygen atoms in total. The molecule has 1 atom stereocenters. The van der Waals surface area contributed by atoms with Crippen molar-refractivity contribution >= 4 is 35.5 Å². The molecule has 0 rings (SSSR count). The van der Waals surface area contributed by atoms with E-state index in [1.165, 1.54) is 96.3 Å². The predicted octanol–water partition coefficient (Wildman–Crippen LogP) is 5.66. The van der Waals surface area contributed by atoms with Crippen LogP contribution in [0.25, 0.3) is 0 Å². The Morgan fingerprint density at radius 3 is 1.36 bits per heavy atom. The molecule has 0 saturated carbocycles. The number of carbonyl (C=O) groups is 1. The standard InChI is InChI=1S/C21H43NO2.Na.H/c1-3-4-5-6-7-8-9-10-11-12-13-14-15-16-17-18-19-22-20(2)21(23)24;;/h20,22H,3-19H2,1-2H3,(H,23,24);;. The number of aliphatic carboxylic acids is 1. The molecule has 0 aliphatic heterocycles. The average Bonchev–Trinajstić information content (AvgIpc) is 2.57. The Morgan fingerprint density at radius 1 is 0.720 bits per heavy atom. The number of unbranched alkanes of at least 4 members (excludes halogenated alkanes) is 15. The summed E-state index contributed by atoms with van der Waals surface area (Å²) in [6.07, 6.45) is 21.9. The minimum atomic E-state index is -0.758. The summed E-state index contributed by atoms with van der Waals surface area (Å²) in [4.78, 5) is 10.6. The van der Waals surface area contributed by atoms with Gasteiger partial charge in [0.1, 0.15) is 6.04 Å². The van der Waals surface area contributed by atoms with E-state index in [2.05, 4.69) is 12.2 Å². The Balaban J connectivity index is 0. The van der Waals surface area contributed by atoms with Crippen LogP contribution >= 0.6 is 0 Å². The Bertz CT molecular complexity index is 275. The van der Waals surface area contributed by atoms with Crippen LogP contribution < -0.4 is 5.32 Å². The molecule has 2 N–H and O–H groups in total. The molecule has 0 saturated heterocycles. The number of nitrogens with one attached hydrogen (secondary N) is 1. The van der Waals surface area contributed by atoms with Crippen molar-refractivity contribution < 1.29 is 9.90 Å². The molecule has 0 aromatic carbocycles. The molecular formula is C21H44NNaO2. The van der Waals surface area contributed by atoms with E-state index in [0.717, 1.165) is 13.0 Å². The predicted molar refractivity (Wildman–Crippen MR) is 112 cm³/mol. The first-order valence-electron chi connectivity index (χ1n) is 10.6. The van der Waals surface area contributed by atoms with E-state index in [1.54, 1.807) is 6.92 Å². The third kappa shape index (κ3) is 22.4. The Labute approximate surface area is 179 Å². The van der Waals surface area contributed by atoms with Crippen LogP contribution in [0.5, 0.6) is 0 Å². The van der Waals surface area contributed by atoms with Crippen molar-refractivity contribution in [2.24, 2.45) is 0 Å². The van der Waals surface area contributed by atoms with Crippen LogP contribution in [0, 0.1) is 0 Å². The van der Waals surface area contributed by atoms with Gasteiger partial charge in [0.05, 0.1) is 0 Å². The fraction of sp³-hybridized carbons (Fsp3) is 0.952. The quantitative estimate of drug-likeness (QED) is 0.229. The van der Waals surface area contributed by atoms with Gasteiger partial charge in [-0.15, -0.1) is 0 Å². The molecule has 0 heterocycles. The molecule has 0 fully saturated rings. The summed E-state index contributed by atoms with van der Waals surface area (Å²) in [6, 6.07) is -0.415. The molecule has 0 bridgehead atoms. The van der Waals surface area contributed by atoms with Crippen molar-refractivity contribution in [1.82, 2.24) is 5.32 Å². The van der Waals surface area contributed by atoms with E-state index in [0.29, 0.717) is 0 Å². The monoisotopic (exact) mass is 365 g/mol. The van der Waals surface area contributed by atoms with Gasteiger partial charge in [-0.2, -0.15) is 0 Å². The maximum atomic E-state index is 10.6. The molecule has 4 heteroatoms. The first-order chi connectivity index (χ1) is 11.7. The van der Waals surface area contributed by atoms with Crippen molar-refractivity contribution in [3.05, 3.63) is 0 Å². The van der Waals surface area contributed by atoms with Crippen LogP contribution in [0.3, 0.4) is 0 Å². The second-order valence-corrected chi connectivity index (χ2v) is 7.32. The van der Waals surface area contributed by atoms with E-state index < -0.39 is 12.0 Å². The van der Waals surface area contributed by atoms with Crippen molar-refractivity contribution in [2.45, 2.75) is 123 Å². The summed E-state index contributed by atoms with van der Waals surface area (Å²) in [5.74, 6) is -0.758. The number of carboxylic acid groups (broad SMARTS) is 1. The average molecular weight is 366 g/mol. The summed E-state index contributed by atoms with van der Waals surface area (Å²) in [7, 11) is 0. The molecule has 0 aromatic heterocycles. The molecule has 0 amide bonds. The van der Waals surface area contributed by atoms with Gasteiger partial charge in [0.2, 0.25) is 0 Å². The van der Waals surface area contributed by atoms with Gasteiger partial charge in [0, 0.05) is 0 Å². The minimum absolute atomic E-state index is 0. The van der Waals surface area contributed by atoms with E-state index in [4.69, 9.17) is 5.11 Å². The first-order valence-corrected chi connectivity index (χ1v) is 10.6. The summed E-state index contributed by atoms with van der Waals surface area (Å²) < 4.78 is 0. The van der Waals surface area contributed by atoms with E-state index in [9.17, 15) is 4.79 Å². The van der Waals surface area contributed by atoms with Gasteiger partial charge in [-0.05, 0) is 19.9 Å². The SMILES string of the molecule is CCCCCCCCCCCCCCCCCCNC(C)C(=O)O.[NaH]. The molecule has 0 spiro atoms. The molecule has 0 aromatic rings. The topological polar surface area (TPSA) is 49.3 Å². The summed E-state index contributed by atoms with van der Waals surface area (Å²) in [5.41, 5.74) is 0. The van der Waals surface area contributed by atoms with Gasteiger partial charge in [0.15, 0.2) is 0 Å². The van der Waals surface area contributed by atoms with Gasteiger partial charge < -0.3 is 10.4 Å². The summed E-state index contributed by atoms with van der Waals surface area (Å²) in [5, 5.41) is 11.8. The number of rotatable bonds is 19. The molecule has 25 heavy (non-hydrogen) atoms. The Hall–Kier alpha value is 0.430. The van der Waals surface area contributed by atoms with Crippen molar-refractivity contribution in [3.63, 3.8) is 0 Å². The normalized spacial score (nSPS) is 11.9. The molecular weight excluding hydrogens is 321 g/mol. The zero-order chi connectivity index (χ0) is 17.9. The summed E-state index contributed by atoms with van der Waals surface area (Å²) in [6.45, 7) is 4.81. The Morgan fingerprint density at radius 2 is 1.04 bits per heavy atom. The maximum absolute atomic E-state index is 10.6. The van der Waals surface area contributed by atoms with E-state index >= 15 is 0 Å². The molecule has 0 radical (unpaired) electrons. The molecule has 146 valence electrons. The zero-order valence-electron chi connectivity index (χ0n) is 16.5. The molecule has 0 aliphatic rings. The van der Waals surface area contributed by atoms with Crippen LogP contribution in [-0.4, -0.2) is 53.2 Å². The fourth-order valence-electron chi connectivity index (χ4n) is 3.08. The summed E-state index contributed by atoms with van der Waals surface area (Å²) >= 11 is 0. The third-order valence-corrected chi connectivity index (χ3v) is 4.85. The zero-order valence-corrected chi connectivity index (χ0v) is 16.5. The van der Waals surface area contributed by atoms with Gasteiger partial charge in [-0.25, -0.2) is 0 Å². The van der Waals surface area contributed by atoms with Crippen LogP contribution in [0.15, 0.2) is 0 Å². The van der Waals surface area contributed by atoms with Crippen LogP contribution in [0.2, 0.25) is 0 Å². The van der Waals surface area contributed by atoms with Crippen molar-refractivity contribution in [2.75, 3.05) is 6.54 Å². The number of carboxylic acids is 1. The van der Waals surface area contributed by atoms with E-state index in [-0.39, 0.29) is 29.6 Å². The molecule has 1 unspecified atom stereocenters. The number of hydrogen-bond donors (Lipinski definition) is 2. The van der Waals surface area contributed by atoms with Crippen LogP contribution in [0.4, 0.5) is 0 Å². The second kappa shape index (κ2) is 22.5. The second-order valence-electron chi connectivity index (χ2n) is 7.32. The van der Waals surface area contributed by atoms with Crippen LogP contribution in [-0.2, 0) is 4.79 Å². The van der Waals surface area contributed by atoms with Gasteiger partial charge in [0.25, 0.3) is 0 Å². The van der Waals surface area contributed by atoms with Gasteiger partial charge in [-0.3, -0.25) is 4.79 Å². The third-order valence-electron chi connectivity index (χ3n) is 4.85. The fourth-order valence-corrected chi connectivity index (χ4v) is 3.08. The number of hydrogen-bond acceptors (Lipinski definition) is 2. The van der Waals surface area contributed by atoms with Crippen molar-refractivity contribution in [1.29, 1.82) is 0 Å². The molecule has 0 aliphatic carbocycles.